The summed E-state index contributed by atoms with van der Waals surface area (Å²) >= 11 is 0. The predicted octanol–water partition coefficient (Wildman–Crippen LogP) is 0.791. The number of nitrogens with two attached hydrogens (primary N) is 1. The van der Waals surface area contributed by atoms with Gasteiger partial charge in [0.1, 0.15) is 6.33 Å². The lowest BCUT2D eigenvalue weighted by Gasteiger charge is -2.60. The maximum atomic E-state index is 13.3. The Balaban J connectivity index is 1.59. The van der Waals surface area contributed by atoms with Gasteiger partial charge in [-0.2, -0.15) is 19.6 Å². The van der Waals surface area contributed by atoms with Crippen molar-refractivity contribution < 1.29 is 4.79 Å². The Morgan fingerprint density at radius 1 is 1.29 bits per heavy atom. The van der Waals surface area contributed by atoms with E-state index in [9.17, 15) is 4.79 Å². The molecule has 4 saturated carbocycles. The summed E-state index contributed by atoms with van der Waals surface area (Å²) in [6, 6.07) is 0. The van der Waals surface area contributed by atoms with Crippen molar-refractivity contribution in [2.75, 3.05) is 5.73 Å². The maximum absolute atomic E-state index is 13.3. The first-order valence-electron chi connectivity index (χ1n) is 8.47. The number of hydrogen-bond donors (Lipinski definition) is 1. The number of rotatable bonds is 2. The minimum absolute atomic E-state index is 0.0205. The number of nitrogen functional groups attached to an aromatic ring is 1. The van der Waals surface area contributed by atoms with Crippen LogP contribution in [0.25, 0.3) is 0 Å². The van der Waals surface area contributed by atoms with E-state index in [0.29, 0.717) is 17.7 Å². The first kappa shape index (κ1) is 14.1. The highest BCUT2D eigenvalue weighted by atomic mass is 16.2. The third kappa shape index (κ3) is 1.75. The van der Waals surface area contributed by atoms with E-state index in [1.54, 1.807) is 4.80 Å². The van der Waals surface area contributed by atoms with Crippen molar-refractivity contribution in [1.29, 1.82) is 0 Å². The van der Waals surface area contributed by atoms with Gasteiger partial charge in [-0.3, -0.25) is 4.79 Å². The average Bonchev–Trinajstić information content (AvgIpc) is 3.14. The summed E-state index contributed by atoms with van der Waals surface area (Å²) in [5.74, 6) is 1.86. The second-order valence-electron chi connectivity index (χ2n) is 7.93. The highest BCUT2D eigenvalue weighted by molar-refractivity contribution is 5.86. The molecule has 24 heavy (non-hydrogen) atoms. The Hall–Kier alpha value is -2.32. The third-order valence-corrected chi connectivity index (χ3v) is 6.19. The van der Waals surface area contributed by atoms with Gasteiger partial charge in [0.15, 0.2) is 5.82 Å². The van der Waals surface area contributed by atoms with Crippen molar-refractivity contribution in [2.24, 2.45) is 17.3 Å². The number of hydrogen-bond acceptors (Lipinski definition) is 7. The number of nitrogens with zero attached hydrogens (tertiary/aromatic N) is 7. The molecule has 2 N–H and O–H groups in total. The molecule has 0 spiro atoms. The molecule has 4 aliphatic carbocycles. The Morgan fingerprint density at radius 2 is 2.04 bits per heavy atom. The molecule has 2 aromatic rings. The monoisotopic (exact) mass is 328 g/mol. The van der Waals surface area contributed by atoms with Gasteiger partial charge in [-0.15, -0.1) is 10.2 Å². The highest BCUT2D eigenvalue weighted by Crippen LogP contribution is 2.64. The normalized spacial score (nSPS) is 37.0. The van der Waals surface area contributed by atoms with Gasteiger partial charge in [-0.1, -0.05) is 0 Å². The lowest BCUT2D eigenvalue weighted by atomic mass is 9.46. The van der Waals surface area contributed by atoms with E-state index in [1.807, 2.05) is 6.92 Å². The summed E-state index contributed by atoms with van der Waals surface area (Å²) in [6.07, 6.45) is 7.13. The van der Waals surface area contributed by atoms with Gasteiger partial charge in [0.2, 0.25) is 5.95 Å². The van der Waals surface area contributed by atoms with Crippen molar-refractivity contribution in [3.8, 4) is 0 Å². The smallest absolute Gasteiger partial charge is 0.256 e. The van der Waals surface area contributed by atoms with E-state index in [0.717, 1.165) is 32.1 Å². The summed E-state index contributed by atoms with van der Waals surface area (Å²) in [4.78, 5) is 19.0. The topological polar surface area (TPSA) is 117 Å². The number of carbonyl (C=O) groups excluding carboxylic acids is 1. The summed E-state index contributed by atoms with van der Waals surface area (Å²) in [7, 11) is 0. The van der Waals surface area contributed by atoms with Gasteiger partial charge < -0.3 is 5.73 Å². The van der Waals surface area contributed by atoms with Crippen LogP contribution in [0.5, 0.6) is 0 Å². The van der Waals surface area contributed by atoms with Gasteiger partial charge in [-0.05, 0) is 62.5 Å². The Morgan fingerprint density at radius 3 is 2.62 bits per heavy atom. The van der Waals surface area contributed by atoms with Crippen LogP contribution in [0.15, 0.2) is 6.33 Å². The van der Waals surface area contributed by atoms with Crippen LogP contribution in [0, 0.1) is 24.2 Å². The molecular weight excluding hydrogens is 308 g/mol. The average molecular weight is 328 g/mol. The second-order valence-corrected chi connectivity index (χ2v) is 7.93. The molecule has 9 heteroatoms. The van der Waals surface area contributed by atoms with E-state index >= 15 is 0 Å². The minimum atomic E-state index is -0.437. The van der Waals surface area contributed by atoms with Crippen molar-refractivity contribution in [3.05, 3.63) is 12.2 Å². The number of carbonyl (C=O) groups is 1. The van der Waals surface area contributed by atoms with Crippen LogP contribution >= 0.6 is 0 Å². The highest BCUT2D eigenvalue weighted by Gasteiger charge is 2.62. The van der Waals surface area contributed by atoms with Gasteiger partial charge in [-0.25, -0.2) is 0 Å². The molecule has 0 unspecified atom stereocenters. The maximum Gasteiger partial charge on any atom is 0.256 e. The number of aryl methyl sites for hydroxylation is 1. The van der Waals surface area contributed by atoms with Gasteiger partial charge >= 0.3 is 0 Å². The number of tetrazole rings is 1. The number of anilines is 1. The quantitative estimate of drug-likeness (QED) is 0.866. The molecule has 6 rings (SSSR count). The zero-order chi connectivity index (χ0) is 16.5. The van der Waals surface area contributed by atoms with Gasteiger partial charge in [0, 0.05) is 0 Å². The summed E-state index contributed by atoms with van der Waals surface area (Å²) < 4.78 is 1.28. The fourth-order valence-corrected chi connectivity index (χ4v) is 5.82. The standard InChI is InChI=1S/C15H20N8O/c1-9-19-21-23(20-9)15-5-10-2-11(6-15)4-14(3-10,7-15)12(24)22-13(16)17-8-18-22/h8,10-11H,2-7H2,1H3,(H2,16,17,18)/t10-,11-,14?,15?/m1/s1. The second kappa shape index (κ2) is 4.40. The van der Waals surface area contributed by atoms with Gasteiger partial charge in [0.05, 0.1) is 11.0 Å². The van der Waals surface area contributed by atoms with E-state index < -0.39 is 5.41 Å². The van der Waals surface area contributed by atoms with Crippen molar-refractivity contribution in [1.82, 2.24) is 35.0 Å². The molecule has 9 nitrogen and oxygen atoms in total. The zero-order valence-electron chi connectivity index (χ0n) is 13.6. The zero-order valence-corrected chi connectivity index (χ0v) is 13.6. The molecule has 0 amide bonds. The third-order valence-electron chi connectivity index (χ3n) is 6.19. The molecular formula is C15H20N8O. The molecule has 4 fully saturated rings. The Labute approximate surface area is 138 Å². The van der Waals surface area contributed by atoms with Crippen molar-refractivity contribution in [2.45, 2.75) is 51.0 Å². The van der Waals surface area contributed by atoms with Crippen LogP contribution < -0.4 is 5.73 Å². The summed E-state index contributed by atoms with van der Waals surface area (Å²) in [5, 5.41) is 16.9. The van der Waals surface area contributed by atoms with E-state index in [2.05, 4.69) is 25.5 Å². The first-order chi connectivity index (χ1) is 11.5. The molecule has 0 aromatic carbocycles. The van der Waals surface area contributed by atoms with E-state index in [1.165, 1.54) is 17.4 Å². The summed E-state index contributed by atoms with van der Waals surface area (Å²) in [6.45, 7) is 1.85. The fourth-order valence-electron chi connectivity index (χ4n) is 5.82. The van der Waals surface area contributed by atoms with Crippen LogP contribution in [0.4, 0.5) is 5.95 Å². The lowest BCUT2D eigenvalue weighted by Crippen LogP contribution is -2.60. The van der Waals surface area contributed by atoms with Crippen LogP contribution in [0.1, 0.15) is 49.1 Å². The summed E-state index contributed by atoms with van der Waals surface area (Å²) in [5.41, 5.74) is 5.20. The van der Waals surface area contributed by atoms with Crippen molar-refractivity contribution in [3.63, 3.8) is 0 Å². The molecule has 2 heterocycles. The van der Waals surface area contributed by atoms with Gasteiger partial charge in [0.25, 0.3) is 5.91 Å². The molecule has 4 bridgehead atoms. The lowest BCUT2D eigenvalue weighted by molar-refractivity contribution is -0.0967. The minimum Gasteiger partial charge on any atom is -0.368 e. The molecule has 2 aromatic heterocycles. The number of aromatic nitrogens is 7. The van der Waals surface area contributed by atoms with E-state index in [-0.39, 0.29) is 17.4 Å². The molecule has 0 radical (unpaired) electrons. The molecule has 4 aliphatic rings. The molecule has 2 atom stereocenters. The fraction of sp³-hybridized carbons (Fsp3) is 0.733. The Kier molecular flexibility index (Phi) is 2.58. The van der Waals surface area contributed by atoms with Crippen LogP contribution in [0.2, 0.25) is 0 Å². The SMILES string of the molecule is Cc1nnn(C23C[C@@H]4C[C@H](CC(C(=O)n5ncnc5N)(C4)C2)C3)n1. The van der Waals surface area contributed by atoms with Crippen LogP contribution in [-0.2, 0) is 5.54 Å². The molecule has 0 saturated heterocycles. The van der Waals surface area contributed by atoms with Crippen LogP contribution in [-0.4, -0.2) is 40.9 Å². The largest absolute Gasteiger partial charge is 0.368 e. The predicted molar refractivity (Wildman–Crippen MR) is 82.7 cm³/mol. The van der Waals surface area contributed by atoms with Crippen molar-refractivity contribution >= 4 is 11.9 Å². The molecule has 0 aliphatic heterocycles. The molecule has 126 valence electrons. The van der Waals surface area contributed by atoms with Crippen LogP contribution in [0.3, 0.4) is 0 Å². The first-order valence-corrected chi connectivity index (χ1v) is 8.47. The van der Waals surface area contributed by atoms with E-state index in [4.69, 9.17) is 5.73 Å². The Bertz CT molecular complexity index is 809.